The Morgan fingerprint density at radius 3 is 2.50 bits per heavy atom. The molecule has 2 saturated carbocycles. The lowest BCUT2D eigenvalue weighted by Crippen LogP contribution is -2.54. The second kappa shape index (κ2) is 10.2. The Morgan fingerprint density at radius 1 is 1.12 bits per heavy atom. The number of ether oxygens (including phenoxy) is 2. The summed E-state index contributed by atoms with van der Waals surface area (Å²) in [7, 11) is 1.66. The number of aliphatic hydroxyl groups is 1. The summed E-state index contributed by atoms with van der Waals surface area (Å²) < 4.78 is 10.8. The molecule has 1 aromatic carbocycles. The molecule has 6 nitrogen and oxygen atoms in total. The molecule has 1 heterocycles. The molecule has 0 bridgehead atoms. The van der Waals surface area contributed by atoms with Crippen LogP contribution in [0.5, 0.6) is 5.75 Å². The molecule has 3 fully saturated rings. The van der Waals surface area contributed by atoms with Gasteiger partial charge in [-0.15, -0.1) is 0 Å². The summed E-state index contributed by atoms with van der Waals surface area (Å²) in [5, 5.41) is 18.1. The van der Waals surface area contributed by atoms with Crippen LogP contribution in [0.25, 0.3) is 0 Å². The first-order valence-corrected chi connectivity index (χ1v) is 13.1. The molecule has 0 spiro atoms. The molecule has 2 aliphatic carbocycles. The Morgan fingerprint density at radius 2 is 1.82 bits per heavy atom. The van der Waals surface area contributed by atoms with Gasteiger partial charge in [0.2, 0.25) is 5.91 Å². The van der Waals surface area contributed by atoms with E-state index in [0.717, 1.165) is 69.5 Å². The summed E-state index contributed by atoms with van der Waals surface area (Å²) in [4.78, 5) is 12.9. The Balaban J connectivity index is 1.44. The fraction of sp³-hybridized carbons (Fsp3) is 0.750. The quantitative estimate of drug-likeness (QED) is 0.529. The van der Waals surface area contributed by atoms with Crippen molar-refractivity contribution in [1.29, 1.82) is 0 Å². The highest BCUT2D eigenvalue weighted by molar-refractivity contribution is 5.76. The third-order valence-corrected chi connectivity index (χ3v) is 8.96. The number of carbonyl (C=O) groups is 1. The van der Waals surface area contributed by atoms with Gasteiger partial charge in [0.05, 0.1) is 12.7 Å². The third-order valence-electron chi connectivity index (χ3n) is 8.96. The number of hydrogen-bond acceptors (Lipinski definition) is 5. The molecule has 0 radical (unpaired) electrons. The van der Waals surface area contributed by atoms with Crippen molar-refractivity contribution in [3.8, 4) is 5.75 Å². The summed E-state index contributed by atoms with van der Waals surface area (Å²) in [6.45, 7) is 8.91. The minimum absolute atomic E-state index is 0.0432. The lowest BCUT2D eigenvalue weighted by Gasteiger charge is -2.51. The lowest BCUT2D eigenvalue weighted by molar-refractivity contribution is -0.123. The molecule has 34 heavy (non-hydrogen) atoms. The summed E-state index contributed by atoms with van der Waals surface area (Å²) in [6.07, 6.45) is 7.19. The van der Waals surface area contributed by atoms with Gasteiger partial charge in [0.15, 0.2) is 0 Å². The van der Waals surface area contributed by atoms with Crippen molar-refractivity contribution in [3.63, 3.8) is 0 Å². The van der Waals surface area contributed by atoms with Crippen LogP contribution >= 0.6 is 0 Å². The van der Waals surface area contributed by atoms with Gasteiger partial charge in [-0.25, -0.2) is 0 Å². The molecule has 1 aromatic rings. The van der Waals surface area contributed by atoms with Crippen molar-refractivity contribution in [1.82, 2.24) is 10.6 Å². The van der Waals surface area contributed by atoms with Crippen LogP contribution in [-0.2, 0) is 16.1 Å². The van der Waals surface area contributed by atoms with Crippen molar-refractivity contribution in [3.05, 3.63) is 29.8 Å². The summed E-state index contributed by atoms with van der Waals surface area (Å²) in [5.74, 6) is 1.33. The minimum Gasteiger partial charge on any atom is -0.497 e. The highest BCUT2D eigenvalue weighted by atomic mass is 16.5. The maximum Gasteiger partial charge on any atom is 0.220 e. The minimum atomic E-state index is -0.615. The summed E-state index contributed by atoms with van der Waals surface area (Å²) in [6, 6.07) is 8.69. The highest BCUT2D eigenvalue weighted by Gasteiger charge is 2.61. The SMILES string of the molecule is COc1ccc(CNC(=O)CC[C@@]23CC[C@@](C)(O)C[C@H]2C(C)(C)C[C@@H]3NC2CCOCC2)cc1. The van der Waals surface area contributed by atoms with E-state index in [2.05, 4.69) is 24.5 Å². The molecule has 3 N–H and O–H groups in total. The van der Waals surface area contributed by atoms with Crippen LogP contribution in [0.1, 0.15) is 77.7 Å². The van der Waals surface area contributed by atoms with E-state index < -0.39 is 5.60 Å². The number of fused-ring (bicyclic) bond motifs is 1. The van der Waals surface area contributed by atoms with Crippen molar-refractivity contribution in [2.75, 3.05) is 20.3 Å². The van der Waals surface area contributed by atoms with Gasteiger partial charge >= 0.3 is 0 Å². The van der Waals surface area contributed by atoms with Crippen molar-refractivity contribution in [2.24, 2.45) is 16.7 Å². The fourth-order valence-corrected chi connectivity index (χ4v) is 6.99. The van der Waals surface area contributed by atoms with Crippen molar-refractivity contribution >= 4 is 5.91 Å². The monoisotopic (exact) mass is 472 g/mol. The standard InChI is InChI=1S/C28H44N2O4/c1-26(2)18-24(30-21-10-15-34-16-11-21)28(14-13-27(3,32)17-23(26)28)12-9-25(31)29-19-20-5-7-22(33-4)8-6-20/h5-8,21,23-24,30,32H,9-19H2,1-4H3,(H,29,31)/t23-,24-,27+,28+/m0/s1. The molecule has 0 aromatic heterocycles. The number of hydrogen-bond donors (Lipinski definition) is 3. The van der Waals surface area contributed by atoms with Crippen LogP contribution in [0, 0.1) is 16.7 Å². The number of methoxy groups -OCH3 is 1. The molecule has 4 atom stereocenters. The van der Waals surface area contributed by atoms with Gasteiger partial charge in [-0.2, -0.15) is 0 Å². The molecule has 1 saturated heterocycles. The summed E-state index contributed by atoms with van der Waals surface area (Å²) >= 11 is 0. The maximum absolute atomic E-state index is 12.9. The van der Waals surface area contributed by atoms with Gasteiger partial charge in [-0.1, -0.05) is 26.0 Å². The van der Waals surface area contributed by atoms with Crippen LogP contribution in [0.4, 0.5) is 0 Å². The molecular weight excluding hydrogens is 428 g/mol. The fourth-order valence-electron chi connectivity index (χ4n) is 6.99. The Kier molecular flexibility index (Phi) is 7.61. The first-order valence-electron chi connectivity index (χ1n) is 13.1. The largest absolute Gasteiger partial charge is 0.497 e. The molecule has 6 heteroatoms. The first kappa shape index (κ1) is 25.5. The van der Waals surface area contributed by atoms with Crippen LogP contribution in [0.3, 0.4) is 0 Å². The first-order chi connectivity index (χ1) is 16.1. The van der Waals surface area contributed by atoms with Crippen LogP contribution in [0.15, 0.2) is 24.3 Å². The zero-order valence-corrected chi connectivity index (χ0v) is 21.5. The van der Waals surface area contributed by atoms with Crippen LogP contribution < -0.4 is 15.4 Å². The Labute approximate surface area is 205 Å². The van der Waals surface area contributed by atoms with Gasteiger partial charge in [0.1, 0.15) is 5.75 Å². The van der Waals surface area contributed by atoms with E-state index in [9.17, 15) is 9.90 Å². The highest BCUT2D eigenvalue weighted by Crippen LogP contribution is 2.64. The number of nitrogens with one attached hydrogen (secondary N) is 2. The molecule has 3 aliphatic rings. The summed E-state index contributed by atoms with van der Waals surface area (Å²) in [5.41, 5.74) is 0.629. The predicted octanol–water partition coefficient (Wildman–Crippen LogP) is 4.20. The van der Waals surface area contributed by atoms with E-state index in [1.807, 2.05) is 31.2 Å². The second-order valence-corrected chi connectivity index (χ2v) is 11.9. The molecule has 1 aliphatic heterocycles. The van der Waals surface area contributed by atoms with Crippen LogP contribution in [0.2, 0.25) is 0 Å². The molecular formula is C28H44N2O4. The lowest BCUT2D eigenvalue weighted by atomic mass is 9.57. The molecule has 0 unspecified atom stereocenters. The number of carbonyl (C=O) groups excluding carboxylic acids is 1. The average Bonchev–Trinajstić information content (AvgIpc) is 3.02. The van der Waals surface area contributed by atoms with Crippen molar-refractivity contribution in [2.45, 2.75) is 96.4 Å². The normalized spacial score (nSPS) is 33.3. The Hall–Kier alpha value is -1.63. The van der Waals surface area contributed by atoms with Gasteiger partial charge in [-0.3, -0.25) is 4.79 Å². The smallest absolute Gasteiger partial charge is 0.220 e. The zero-order valence-electron chi connectivity index (χ0n) is 21.5. The zero-order chi connectivity index (χ0) is 24.4. The Bertz CT molecular complexity index is 831. The van der Waals surface area contributed by atoms with Gasteiger partial charge < -0.3 is 25.2 Å². The van der Waals surface area contributed by atoms with E-state index >= 15 is 0 Å². The molecule has 1 amide bonds. The van der Waals surface area contributed by atoms with Crippen LogP contribution in [-0.4, -0.2) is 49.0 Å². The average molecular weight is 473 g/mol. The van der Waals surface area contributed by atoms with E-state index in [0.29, 0.717) is 31.0 Å². The van der Waals surface area contributed by atoms with Gasteiger partial charge in [0, 0.05) is 38.3 Å². The van der Waals surface area contributed by atoms with E-state index in [4.69, 9.17) is 9.47 Å². The number of benzene rings is 1. The third kappa shape index (κ3) is 5.60. The topological polar surface area (TPSA) is 79.8 Å². The second-order valence-electron chi connectivity index (χ2n) is 11.9. The van der Waals surface area contributed by atoms with E-state index in [-0.39, 0.29) is 16.7 Å². The maximum atomic E-state index is 12.9. The van der Waals surface area contributed by atoms with Gasteiger partial charge in [-0.05, 0) is 86.3 Å². The molecule has 190 valence electrons. The van der Waals surface area contributed by atoms with E-state index in [1.54, 1.807) is 7.11 Å². The van der Waals surface area contributed by atoms with E-state index in [1.165, 1.54) is 0 Å². The number of rotatable bonds is 8. The predicted molar refractivity (Wildman–Crippen MR) is 134 cm³/mol. The van der Waals surface area contributed by atoms with Crippen molar-refractivity contribution < 1.29 is 19.4 Å². The van der Waals surface area contributed by atoms with Gasteiger partial charge in [0.25, 0.3) is 0 Å². The molecule has 4 rings (SSSR count). The number of amides is 1.